The summed E-state index contributed by atoms with van der Waals surface area (Å²) >= 11 is 0. The molecule has 0 aliphatic carbocycles. The molecule has 35 heavy (non-hydrogen) atoms. The lowest BCUT2D eigenvalue weighted by Gasteiger charge is -2.48. The van der Waals surface area contributed by atoms with Crippen LogP contribution in [0, 0.1) is 0 Å². The Balaban J connectivity index is 1.73. The summed E-state index contributed by atoms with van der Waals surface area (Å²) in [4.78, 5) is 21.8. The third-order valence-electron chi connectivity index (χ3n) is 6.19. The summed E-state index contributed by atoms with van der Waals surface area (Å²) in [7, 11) is 0. The molecular formula is C18H19F6N7O4. The fourth-order valence-electron chi connectivity index (χ4n) is 4.63. The van der Waals surface area contributed by atoms with Gasteiger partial charge in [-0.3, -0.25) is 4.79 Å². The molecule has 4 atom stereocenters. The summed E-state index contributed by atoms with van der Waals surface area (Å²) in [6.45, 7) is -1.20. The SMILES string of the molecule is NC1=N[C@H]2[C@H](CO)N=C(N)N3C[C@H](NC(=O)c4cc(C(F)(F)F)ccc4C(F)(F)F)C(O)(O)[C@]23N1. The summed E-state index contributed by atoms with van der Waals surface area (Å²) in [6, 6.07) is -3.86. The molecule has 3 aliphatic heterocycles. The molecule has 11 nitrogen and oxygen atoms in total. The molecule has 4 rings (SSSR count). The second-order valence-corrected chi connectivity index (χ2v) is 8.21. The molecule has 1 spiro atoms. The maximum atomic E-state index is 13.4. The molecule has 17 heteroatoms. The van der Waals surface area contributed by atoms with Crippen LogP contribution in [0.15, 0.2) is 28.2 Å². The lowest BCUT2D eigenvalue weighted by molar-refractivity contribution is -0.231. The smallest absolute Gasteiger partial charge is 0.394 e. The highest BCUT2D eigenvalue weighted by Gasteiger charge is 2.73. The molecular weight excluding hydrogens is 492 g/mol. The summed E-state index contributed by atoms with van der Waals surface area (Å²) < 4.78 is 79.6. The van der Waals surface area contributed by atoms with Gasteiger partial charge in [0.05, 0.1) is 23.3 Å². The number of carbonyl (C=O) groups is 1. The van der Waals surface area contributed by atoms with Gasteiger partial charge in [0.15, 0.2) is 17.6 Å². The van der Waals surface area contributed by atoms with Crippen LogP contribution in [0.3, 0.4) is 0 Å². The van der Waals surface area contributed by atoms with Crippen LogP contribution in [0.4, 0.5) is 26.3 Å². The Labute approximate surface area is 192 Å². The van der Waals surface area contributed by atoms with Gasteiger partial charge in [0, 0.05) is 6.54 Å². The molecule has 1 aromatic carbocycles. The number of aliphatic hydroxyl groups is 3. The van der Waals surface area contributed by atoms with E-state index in [-0.39, 0.29) is 30.1 Å². The van der Waals surface area contributed by atoms with Crippen LogP contribution in [-0.4, -0.2) is 80.8 Å². The number of guanidine groups is 2. The minimum absolute atomic E-state index is 0.0183. The van der Waals surface area contributed by atoms with Gasteiger partial charge in [-0.15, -0.1) is 0 Å². The van der Waals surface area contributed by atoms with Crippen molar-refractivity contribution < 1.29 is 46.5 Å². The normalized spacial score (nSPS) is 29.6. The highest BCUT2D eigenvalue weighted by Crippen LogP contribution is 2.45. The van der Waals surface area contributed by atoms with E-state index in [1.165, 1.54) is 0 Å². The van der Waals surface area contributed by atoms with E-state index >= 15 is 0 Å². The zero-order chi connectivity index (χ0) is 26.1. The molecule has 0 aromatic heterocycles. The monoisotopic (exact) mass is 511 g/mol. The number of alkyl halides is 6. The Morgan fingerprint density at radius 2 is 1.83 bits per heavy atom. The van der Waals surface area contributed by atoms with Gasteiger partial charge in [-0.05, 0) is 18.2 Å². The van der Waals surface area contributed by atoms with Crippen molar-refractivity contribution in [2.75, 3.05) is 13.2 Å². The average Bonchev–Trinajstić information content (AvgIpc) is 3.20. The predicted molar refractivity (Wildman–Crippen MR) is 105 cm³/mol. The van der Waals surface area contributed by atoms with Gasteiger partial charge in [-0.1, -0.05) is 0 Å². The van der Waals surface area contributed by atoms with Crippen molar-refractivity contribution in [3.8, 4) is 0 Å². The van der Waals surface area contributed by atoms with Crippen LogP contribution in [-0.2, 0) is 12.4 Å². The van der Waals surface area contributed by atoms with Gasteiger partial charge >= 0.3 is 12.4 Å². The van der Waals surface area contributed by atoms with E-state index in [2.05, 4.69) is 15.3 Å². The van der Waals surface area contributed by atoms with Gasteiger partial charge in [-0.25, -0.2) is 9.98 Å². The lowest BCUT2D eigenvalue weighted by atomic mass is 9.85. The summed E-state index contributed by atoms with van der Waals surface area (Å²) in [6.07, 6.45) is -10.2. The minimum Gasteiger partial charge on any atom is -0.394 e. The number of rotatable bonds is 3. The standard InChI is InChI=1S/C18H19F6N7O4/c19-17(20,21)6-1-2-8(18(22,23)24)7(3-6)12(33)28-10-4-31-14(26)27-9(5-32)11-15(31,16(10,34)35)30-13(25)29-11/h1-3,9-11,32,34-35H,4-5H2,(H2,26,27)(H,28,33)(H3,25,29,30)/t9-,10-,11-,15-/m0/s1. The minimum atomic E-state index is -5.19. The predicted octanol–water partition coefficient (Wildman–Crippen LogP) is -1.51. The van der Waals surface area contributed by atoms with E-state index in [1.807, 2.05) is 5.32 Å². The molecule has 192 valence electrons. The Morgan fingerprint density at radius 1 is 1.17 bits per heavy atom. The largest absolute Gasteiger partial charge is 0.417 e. The zero-order valence-electron chi connectivity index (χ0n) is 17.4. The number of nitrogens with zero attached hydrogens (tertiary/aromatic N) is 3. The van der Waals surface area contributed by atoms with Crippen LogP contribution < -0.4 is 22.1 Å². The van der Waals surface area contributed by atoms with Crippen LogP contribution in [0.25, 0.3) is 0 Å². The first-order chi connectivity index (χ1) is 16.0. The summed E-state index contributed by atoms with van der Waals surface area (Å²) in [5.41, 5.74) is 4.92. The molecule has 0 saturated carbocycles. The van der Waals surface area contributed by atoms with E-state index < -0.39 is 77.7 Å². The number of nitrogens with two attached hydrogens (primary N) is 2. The van der Waals surface area contributed by atoms with Crippen LogP contribution in [0.2, 0.25) is 0 Å². The van der Waals surface area contributed by atoms with E-state index in [4.69, 9.17) is 11.5 Å². The van der Waals surface area contributed by atoms with Crippen molar-refractivity contribution in [3.63, 3.8) is 0 Å². The van der Waals surface area contributed by atoms with Gasteiger partial charge in [-0.2, -0.15) is 26.3 Å². The van der Waals surface area contributed by atoms with Gasteiger partial charge in [0.2, 0.25) is 5.79 Å². The summed E-state index contributed by atoms with van der Waals surface area (Å²) in [5, 5.41) is 36.3. The fraction of sp³-hybridized carbons (Fsp3) is 0.500. The van der Waals surface area contributed by atoms with Crippen LogP contribution >= 0.6 is 0 Å². The maximum Gasteiger partial charge on any atom is 0.417 e. The van der Waals surface area contributed by atoms with Gasteiger partial charge in [0.1, 0.15) is 18.1 Å². The van der Waals surface area contributed by atoms with Crippen LogP contribution in [0.1, 0.15) is 21.5 Å². The number of aliphatic hydroxyl groups excluding tert-OH is 1. The Morgan fingerprint density at radius 3 is 2.40 bits per heavy atom. The topological polar surface area (TPSA) is 182 Å². The quantitative estimate of drug-likeness (QED) is 0.189. The van der Waals surface area contributed by atoms with Gasteiger partial charge in [0.25, 0.3) is 5.91 Å². The lowest BCUT2D eigenvalue weighted by Crippen LogP contribution is -2.78. The molecule has 0 radical (unpaired) electrons. The van der Waals surface area contributed by atoms with E-state index in [1.54, 1.807) is 0 Å². The summed E-state index contributed by atoms with van der Waals surface area (Å²) in [5.74, 6) is -5.35. The number of aliphatic imine (C=N–C) groups is 2. The Kier molecular flexibility index (Phi) is 5.38. The molecule has 1 amide bonds. The van der Waals surface area contributed by atoms with Crippen molar-refractivity contribution in [1.82, 2.24) is 15.5 Å². The number of halogens is 6. The first kappa shape index (κ1) is 24.8. The first-order valence-corrected chi connectivity index (χ1v) is 9.91. The number of amides is 1. The molecule has 9 N–H and O–H groups in total. The first-order valence-electron chi connectivity index (χ1n) is 9.91. The van der Waals surface area contributed by atoms with Crippen molar-refractivity contribution >= 4 is 17.8 Å². The van der Waals surface area contributed by atoms with E-state index in [9.17, 15) is 46.5 Å². The number of hydrogen-bond donors (Lipinski definition) is 7. The second-order valence-electron chi connectivity index (χ2n) is 8.21. The highest BCUT2D eigenvalue weighted by atomic mass is 19.4. The van der Waals surface area contributed by atoms with Crippen molar-refractivity contribution in [1.29, 1.82) is 0 Å². The molecule has 1 aromatic rings. The fourth-order valence-corrected chi connectivity index (χ4v) is 4.63. The van der Waals surface area contributed by atoms with E-state index in [0.717, 1.165) is 4.90 Å². The second kappa shape index (κ2) is 7.59. The number of benzene rings is 1. The number of nitrogens with one attached hydrogen (secondary N) is 2. The Bertz CT molecular complexity index is 1120. The van der Waals surface area contributed by atoms with Gasteiger partial charge < -0.3 is 42.3 Å². The molecule has 3 aliphatic rings. The van der Waals surface area contributed by atoms with Crippen molar-refractivity contribution in [2.45, 2.75) is 41.9 Å². The zero-order valence-corrected chi connectivity index (χ0v) is 17.4. The maximum absolute atomic E-state index is 13.4. The molecule has 0 unspecified atom stereocenters. The number of carbonyl (C=O) groups excluding carboxylic acids is 1. The molecule has 1 fully saturated rings. The van der Waals surface area contributed by atoms with Crippen molar-refractivity contribution in [2.24, 2.45) is 21.5 Å². The van der Waals surface area contributed by atoms with E-state index in [0.29, 0.717) is 0 Å². The third-order valence-corrected chi connectivity index (χ3v) is 6.19. The third kappa shape index (κ3) is 3.61. The van der Waals surface area contributed by atoms with Crippen LogP contribution in [0.5, 0.6) is 0 Å². The average molecular weight is 511 g/mol. The Hall–Kier alpha value is -3.31. The molecule has 3 heterocycles. The molecule has 0 bridgehead atoms. The van der Waals surface area contributed by atoms with Crippen molar-refractivity contribution in [3.05, 3.63) is 34.9 Å². The highest BCUT2D eigenvalue weighted by molar-refractivity contribution is 5.97. The molecule has 1 saturated heterocycles. The number of hydrogen-bond acceptors (Lipinski definition) is 10.